The van der Waals surface area contributed by atoms with Crippen LogP contribution in [0, 0.1) is 23.7 Å². The van der Waals surface area contributed by atoms with E-state index in [1.807, 2.05) is 6.92 Å². The van der Waals surface area contributed by atoms with Gasteiger partial charge in [0.2, 0.25) is 5.91 Å². The first-order valence-electron chi connectivity index (χ1n) is 7.09. The van der Waals surface area contributed by atoms with E-state index in [9.17, 15) is 4.79 Å². The van der Waals surface area contributed by atoms with Crippen LogP contribution in [0.3, 0.4) is 0 Å². The number of rotatable bonds is 5. The Morgan fingerprint density at radius 3 is 2.65 bits per heavy atom. The molecule has 3 heteroatoms. The van der Waals surface area contributed by atoms with Gasteiger partial charge in [-0.2, -0.15) is 0 Å². The molecule has 2 aliphatic rings. The maximum Gasteiger partial charge on any atom is 0.220 e. The third-order valence-corrected chi connectivity index (χ3v) is 4.76. The predicted molar refractivity (Wildman–Crippen MR) is 69.4 cm³/mol. The van der Waals surface area contributed by atoms with Gasteiger partial charge in [-0.25, -0.2) is 0 Å². The molecule has 0 aromatic carbocycles. The first-order valence-corrected chi connectivity index (χ1v) is 7.09. The predicted octanol–water partition coefficient (Wildman–Crippen LogP) is 1.91. The Bertz CT molecular complexity index is 279. The number of nitrogens with one attached hydrogen (secondary N) is 1. The Hall–Kier alpha value is -0.570. The molecule has 0 aromatic rings. The third-order valence-electron chi connectivity index (χ3n) is 4.76. The van der Waals surface area contributed by atoms with E-state index in [-0.39, 0.29) is 5.91 Å². The zero-order valence-electron chi connectivity index (χ0n) is 11.1. The summed E-state index contributed by atoms with van der Waals surface area (Å²) in [7, 11) is 0. The van der Waals surface area contributed by atoms with Crippen LogP contribution in [0.5, 0.6) is 0 Å². The zero-order chi connectivity index (χ0) is 12.4. The average molecular weight is 238 g/mol. The normalized spacial score (nSPS) is 34.6. The molecular formula is C14H26N2O. The standard InChI is InChI=1S/C14H26N2O/c1-9(8-15)5-14(17)16-10(2)13-7-11-3-4-12(13)6-11/h9-13H,3-8,15H2,1-2H3,(H,16,17). The largest absolute Gasteiger partial charge is 0.353 e. The van der Waals surface area contributed by atoms with Crippen LogP contribution in [0.2, 0.25) is 0 Å². The molecule has 2 bridgehead atoms. The molecule has 0 saturated heterocycles. The Morgan fingerprint density at radius 1 is 1.35 bits per heavy atom. The number of fused-ring (bicyclic) bond motifs is 2. The minimum absolute atomic E-state index is 0.179. The fourth-order valence-electron chi connectivity index (χ4n) is 3.73. The maximum atomic E-state index is 11.8. The highest BCUT2D eigenvalue weighted by molar-refractivity contribution is 5.76. The van der Waals surface area contributed by atoms with Crippen molar-refractivity contribution in [2.24, 2.45) is 29.4 Å². The molecule has 0 aliphatic heterocycles. The van der Waals surface area contributed by atoms with E-state index < -0.39 is 0 Å². The summed E-state index contributed by atoms with van der Waals surface area (Å²) in [5.41, 5.74) is 5.54. The summed E-state index contributed by atoms with van der Waals surface area (Å²) in [4.78, 5) is 11.8. The van der Waals surface area contributed by atoms with Gasteiger partial charge in [-0.05, 0) is 56.4 Å². The Labute approximate surface area is 105 Å². The van der Waals surface area contributed by atoms with Crippen molar-refractivity contribution in [2.45, 2.75) is 52.0 Å². The van der Waals surface area contributed by atoms with Gasteiger partial charge in [0.05, 0.1) is 0 Å². The van der Waals surface area contributed by atoms with Gasteiger partial charge in [0.15, 0.2) is 0 Å². The summed E-state index contributed by atoms with van der Waals surface area (Å²) in [6.07, 6.45) is 6.12. The molecule has 2 aliphatic carbocycles. The highest BCUT2D eigenvalue weighted by Crippen LogP contribution is 2.49. The lowest BCUT2D eigenvalue weighted by atomic mass is 9.84. The van der Waals surface area contributed by atoms with Crippen molar-refractivity contribution in [1.29, 1.82) is 0 Å². The molecule has 5 unspecified atom stereocenters. The van der Waals surface area contributed by atoms with Gasteiger partial charge in [-0.1, -0.05) is 13.3 Å². The molecule has 3 nitrogen and oxygen atoms in total. The van der Waals surface area contributed by atoms with Gasteiger partial charge in [-0.3, -0.25) is 4.79 Å². The molecule has 2 fully saturated rings. The van der Waals surface area contributed by atoms with E-state index in [0.717, 1.165) is 17.8 Å². The summed E-state index contributed by atoms with van der Waals surface area (Å²) in [5, 5.41) is 3.18. The topological polar surface area (TPSA) is 55.1 Å². The van der Waals surface area contributed by atoms with Crippen molar-refractivity contribution in [2.75, 3.05) is 6.54 Å². The summed E-state index contributed by atoms with van der Waals surface area (Å²) >= 11 is 0. The molecule has 17 heavy (non-hydrogen) atoms. The molecule has 0 heterocycles. The molecule has 0 radical (unpaired) electrons. The van der Waals surface area contributed by atoms with Gasteiger partial charge >= 0.3 is 0 Å². The Kier molecular flexibility index (Phi) is 4.08. The second-order valence-corrected chi connectivity index (χ2v) is 6.24. The van der Waals surface area contributed by atoms with Gasteiger partial charge in [0.1, 0.15) is 0 Å². The minimum Gasteiger partial charge on any atom is -0.353 e. The fourth-order valence-corrected chi connectivity index (χ4v) is 3.73. The Morgan fingerprint density at radius 2 is 2.12 bits per heavy atom. The van der Waals surface area contributed by atoms with Crippen molar-refractivity contribution < 1.29 is 4.79 Å². The van der Waals surface area contributed by atoms with E-state index >= 15 is 0 Å². The maximum absolute atomic E-state index is 11.8. The van der Waals surface area contributed by atoms with E-state index in [2.05, 4.69) is 12.2 Å². The number of amides is 1. The molecule has 98 valence electrons. The van der Waals surface area contributed by atoms with E-state index in [0.29, 0.717) is 24.9 Å². The first kappa shape index (κ1) is 12.9. The van der Waals surface area contributed by atoms with E-state index in [4.69, 9.17) is 5.73 Å². The Balaban J connectivity index is 1.77. The van der Waals surface area contributed by atoms with Gasteiger partial charge < -0.3 is 11.1 Å². The highest BCUT2D eigenvalue weighted by atomic mass is 16.1. The van der Waals surface area contributed by atoms with Crippen LogP contribution in [0.4, 0.5) is 0 Å². The molecule has 1 amide bonds. The van der Waals surface area contributed by atoms with Crippen molar-refractivity contribution in [1.82, 2.24) is 5.32 Å². The van der Waals surface area contributed by atoms with Crippen molar-refractivity contribution in [3.05, 3.63) is 0 Å². The lowest BCUT2D eigenvalue weighted by Gasteiger charge is -2.28. The SMILES string of the molecule is CC(CN)CC(=O)NC(C)C1CC2CCC1C2. The summed E-state index contributed by atoms with van der Waals surface area (Å²) < 4.78 is 0. The first-order chi connectivity index (χ1) is 8.10. The van der Waals surface area contributed by atoms with Crippen molar-refractivity contribution in [3.63, 3.8) is 0 Å². The lowest BCUT2D eigenvalue weighted by Crippen LogP contribution is -2.40. The number of carbonyl (C=O) groups is 1. The molecular weight excluding hydrogens is 212 g/mol. The van der Waals surface area contributed by atoms with Gasteiger partial charge in [-0.15, -0.1) is 0 Å². The highest BCUT2D eigenvalue weighted by Gasteiger charge is 2.42. The third kappa shape index (κ3) is 3.01. The monoisotopic (exact) mass is 238 g/mol. The zero-order valence-corrected chi connectivity index (χ0v) is 11.1. The number of hydrogen-bond donors (Lipinski definition) is 2. The molecule has 3 N–H and O–H groups in total. The summed E-state index contributed by atoms with van der Waals surface area (Å²) in [5.74, 6) is 3.03. The quantitative estimate of drug-likeness (QED) is 0.768. The molecule has 2 saturated carbocycles. The van der Waals surface area contributed by atoms with E-state index in [1.165, 1.54) is 25.7 Å². The van der Waals surface area contributed by atoms with Crippen LogP contribution in [0.15, 0.2) is 0 Å². The van der Waals surface area contributed by atoms with Crippen molar-refractivity contribution >= 4 is 5.91 Å². The molecule has 0 spiro atoms. The fraction of sp³-hybridized carbons (Fsp3) is 0.929. The molecule has 5 atom stereocenters. The van der Waals surface area contributed by atoms with Gasteiger partial charge in [0.25, 0.3) is 0 Å². The van der Waals surface area contributed by atoms with Crippen LogP contribution < -0.4 is 11.1 Å². The molecule has 0 aromatic heterocycles. The number of carbonyl (C=O) groups excluding carboxylic acids is 1. The minimum atomic E-state index is 0.179. The van der Waals surface area contributed by atoms with Crippen molar-refractivity contribution in [3.8, 4) is 0 Å². The number of hydrogen-bond acceptors (Lipinski definition) is 2. The lowest BCUT2D eigenvalue weighted by molar-refractivity contribution is -0.122. The van der Waals surface area contributed by atoms with Crippen LogP contribution in [0.25, 0.3) is 0 Å². The smallest absolute Gasteiger partial charge is 0.220 e. The van der Waals surface area contributed by atoms with E-state index in [1.54, 1.807) is 0 Å². The van der Waals surface area contributed by atoms with Crippen LogP contribution in [-0.4, -0.2) is 18.5 Å². The average Bonchev–Trinajstić information content (AvgIpc) is 2.90. The second kappa shape index (κ2) is 5.38. The molecule has 2 rings (SSSR count). The van der Waals surface area contributed by atoms with Gasteiger partial charge in [0, 0.05) is 12.5 Å². The number of nitrogens with two attached hydrogens (primary N) is 1. The van der Waals surface area contributed by atoms with Crippen LogP contribution in [0.1, 0.15) is 46.0 Å². The summed E-state index contributed by atoms with van der Waals surface area (Å²) in [6, 6.07) is 0.350. The summed E-state index contributed by atoms with van der Waals surface area (Å²) in [6.45, 7) is 4.80. The van der Waals surface area contributed by atoms with Crippen LogP contribution >= 0.6 is 0 Å². The van der Waals surface area contributed by atoms with Crippen LogP contribution in [-0.2, 0) is 4.79 Å². The second-order valence-electron chi connectivity index (χ2n) is 6.24.